The molecule has 4 heteroatoms. The maximum atomic E-state index is 13.0. The van der Waals surface area contributed by atoms with Crippen molar-refractivity contribution in [3.8, 4) is 5.75 Å². The predicted octanol–water partition coefficient (Wildman–Crippen LogP) is 4.72. The molecule has 4 nitrogen and oxygen atoms in total. The predicted molar refractivity (Wildman–Crippen MR) is 121 cm³/mol. The van der Waals surface area contributed by atoms with Crippen molar-refractivity contribution in [3.63, 3.8) is 0 Å². The van der Waals surface area contributed by atoms with Crippen molar-refractivity contribution in [3.05, 3.63) is 71.8 Å². The van der Waals surface area contributed by atoms with Gasteiger partial charge in [-0.05, 0) is 35.6 Å². The molecule has 0 spiro atoms. The zero-order valence-corrected chi connectivity index (χ0v) is 17.8. The quantitative estimate of drug-likeness (QED) is 0.595. The molecule has 0 aromatic heterocycles. The molecule has 0 radical (unpaired) electrons. The van der Waals surface area contributed by atoms with Gasteiger partial charge < -0.3 is 9.64 Å². The van der Waals surface area contributed by atoms with Gasteiger partial charge in [0.2, 0.25) is 0 Å². The van der Waals surface area contributed by atoms with Crippen LogP contribution in [0.3, 0.4) is 0 Å². The Morgan fingerprint density at radius 3 is 2.60 bits per heavy atom. The van der Waals surface area contributed by atoms with Crippen LogP contribution in [0.4, 0.5) is 5.69 Å². The lowest BCUT2D eigenvalue weighted by molar-refractivity contribution is -0.885. The average molecular weight is 402 g/mol. The van der Waals surface area contributed by atoms with E-state index in [0.717, 1.165) is 44.8 Å². The Hall–Kier alpha value is -2.85. The van der Waals surface area contributed by atoms with Crippen LogP contribution in [-0.2, 0) is 11.2 Å². The van der Waals surface area contributed by atoms with Crippen LogP contribution < -0.4 is 9.64 Å². The van der Waals surface area contributed by atoms with Crippen molar-refractivity contribution >= 4 is 22.4 Å². The summed E-state index contributed by atoms with van der Waals surface area (Å²) in [5.74, 6) is 1.18. The molecule has 5 rings (SSSR count). The van der Waals surface area contributed by atoms with E-state index in [0.29, 0.717) is 16.4 Å². The summed E-state index contributed by atoms with van der Waals surface area (Å²) >= 11 is 0. The molecule has 0 saturated carbocycles. The Labute approximate surface area is 178 Å². The summed E-state index contributed by atoms with van der Waals surface area (Å²) in [5.41, 5.74) is 4.04. The molecule has 1 aliphatic heterocycles. The smallest absolute Gasteiger partial charge is 0.311 e. The fourth-order valence-electron chi connectivity index (χ4n) is 5.59. The molecule has 0 N–H and O–H groups in total. The fourth-order valence-corrected chi connectivity index (χ4v) is 5.59. The summed E-state index contributed by atoms with van der Waals surface area (Å²) < 4.78 is 6.05. The summed E-state index contributed by atoms with van der Waals surface area (Å²) in [5, 5.41) is 2.43. The standard InChI is InChI=1S/C26H29N2O2/c1-19(29)28(26-13-11-20-6-3-4-8-23(20)26)16-14-27(15-17-28)25-9-5-7-21-10-12-22(30-2)18-24(21)25/h3-10,12,18,26H,11,13-17H2,1-2H3/q+1/t26-/m1/s1. The molecule has 0 unspecified atom stereocenters. The van der Waals surface area contributed by atoms with Crippen molar-refractivity contribution in [1.29, 1.82) is 0 Å². The van der Waals surface area contributed by atoms with E-state index >= 15 is 0 Å². The molecular weight excluding hydrogens is 372 g/mol. The van der Waals surface area contributed by atoms with Gasteiger partial charge in [0.05, 0.1) is 27.1 Å². The van der Waals surface area contributed by atoms with Gasteiger partial charge in [-0.3, -0.25) is 4.48 Å². The monoisotopic (exact) mass is 401 g/mol. The Bertz CT molecular complexity index is 1100. The second-order valence-electron chi connectivity index (χ2n) is 8.60. The SMILES string of the molecule is COc1ccc2cccc(N3CC[N+](C(C)=O)([C@@H]4CCc5ccccc54)CC3)c2c1. The summed E-state index contributed by atoms with van der Waals surface area (Å²) in [6, 6.07) is 21.7. The molecule has 2 aliphatic rings. The molecule has 30 heavy (non-hydrogen) atoms. The van der Waals surface area contributed by atoms with E-state index in [1.165, 1.54) is 27.6 Å². The number of quaternary nitrogens is 1. The van der Waals surface area contributed by atoms with Gasteiger partial charge in [0.1, 0.15) is 24.9 Å². The minimum Gasteiger partial charge on any atom is -0.497 e. The molecule has 1 heterocycles. The number of fused-ring (bicyclic) bond motifs is 2. The van der Waals surface area contributed by atoms with Crippen LogP contribution in [-0.4, -0.2) is 43.7 Å². The van der Waals surface area contributed by atoms with E-state index in [9.17, 15) is 4.79 Å². The average Bonchev–Trinajstić information content (AvgIpc) is 3.23. The Morgan fingerprint density at radius 2 is 1.83 bits per heavy atom. The first-order valence-corrected chi connectivity index (χ1v) is 10.9. The van der Waals surface area contributed by atoms with E-state index in [1.54, 1.807) is 14.0 Å². The van der Waals surface area contributed by atoms with Crippen LogP contribution in [0.5, 0.6) is 5.75 Å². The van der Waals surface area contributed by atoms with Crippen molar-refractivity contribution in [2.45, 2.75) is 25.8 Å². The van der Waals surface area contributed by atoms with Gasteiger partial charge >= 0.3 is 5.91 Å². The fraction of sp³-hybridized carbons (Fsp3) is 0.346. The number of aryl methyl sites for hydroxylation is 1. The van der Waals surface area contributed by atoms with E-state index < -0.39 is 0 Å². The topological polar surface area (TPSA) is 29.5 Å². The van der Waals surface area contributed by atoms with Crippen LogP contribution in [0.25, 0.3) is 10.8 Å². The molecule has 1 fully saturated rings. The number of methoxy groups -OCH3 is 1. The number of benzene rings is 3. The first kappa shape index (κ1) is 19.1. The molecule has 1 amide bonds. The number of rotatable bonds is 3. The first-order chi connectivity index (χ1) is 14.6. The third-order valence-electron chi connectivity index (χ3n) is 7.27. The minimum absolute atomic E-state index is 0.300. The van der Waals surface area contributed by atoms with Gasteiger partial charge in [0, 0.05) is 23.1 Å². The van der Waals surface area contributed by atoms with Gasteiger partial charge in [-0.1, -0.05) is 42.5 Å². The second-order valence-corrected chi connectivity index (χ2v) is 8.60. The molecule has 154 valence electrons. The van der Waals surface area contributed by atoms with Crippen LogP contribution in [0.1, 0.15) is 30.5 Å². The highest BCUT2D eigenvalue weighted by atomic mass is 16.5. The Morgan fingerprint density at radius 1 is 1.03 bits per heavy atom. The van der Waals surface area contributed by atoms with Crippen molar-refractivity contribution in [2.75, 3.05) is 38.2 Å². The number of hydrogen-bond donors (Lipinski definition) is 0. The number of anilines is 1. The van der Waals surface area contributed by atoms with Gasteiger partial charge in [-0.15, -0.1) is 0 Å². The van der Waals surface area contributed by atoms with Crippen LogP contribution in [0, 0.1) is 0 Å². The highest BCUT2D eigenvalue weighted by molar-refractivity contribution is 5.95. The second kappa shape index (κ2) is 7.44. The maximum Gasteiger partial charge on any atom is 0.311 e. The van der Waals surface area contributed by atoms with Gasteiger partial charge in [0.25, 0.3) is 0 Å². The summed E-state index contributed by atoms with van der Waals surface area (Å²) in [4.78, 5) is 15.4. The number of hydrogen-bond acceptors (Lipinski definition) is 3. The number of piperazine rings is 1. The van der Waals surface area contributed by atoms with Gasteiger partial charge in [-0.25, -0.2) is 4.79 Å². The van der Waals surface area contributed by atoms with Crippen molar-refractivity contribution in [2.24, 2.45) is 0 Å². The van der Waals surface area contributed by atoms with Crippen LogP contribution >= 0.6 is 0 Å². The number of carbonyl (C=O) groups is 1. The lowest BCUT2D eigenvalue weighted by Gasteiger charge is -2.46. The van der Waals surface area contributed by atoms with E-state index in [1.807, 2.05) is 6.07 Å². The number of amides is 1. The summed E-state index contributed by atoms with van der Waals surface area (Å²) in [6.45, 7) is 5.27. The van der Waals surface area contributed by atoms with E-state index in [4.69, 9.17) is 4.74 Å². The number of carbonyl (C=O) groups excluding carboxylic acids is 1. The lowest BCUT2D eigenvalue weighted by Crippen LogP contribution is -2.63. The zero-order valence-electron chi connectivity index (χ0n) is 17.8. The summed E-state index contributed by atoms with van der Waals surface area (Å²) in [6.07, 6.45) is 2.16. The molecule has 1 atom stereocenters. The third kappa shape index (κ3) is 2.98. The summed E-state index contributed by atoms with van der Waals surface area (Å²) in [7, 11) is 1.71. The highest BCUT2D eigenvalue weighted by Gasteiger charge is 2.47. The van der Waals surface area contributed by atoms with Crippen LogP contribution in [0.2, 0.25) is 0 Å². The molecule has 1 saturated heterocycles. The van der Waals surface area contributed by atoms with E-state index in [2.05, 4.69) is 59.5 Å². The van der Waals surface area contributed by atoms with Crippen molar-refractivity contribution in [1.82, 2.24) is 0 Å². The van der Waals surface area contributed by atoms with Gasteiger partial charge in [0.15, 0.2) is 0 Å². The maximum absolute atomic E-state index is 13.0. The zero-order chi connectivity index (χ0) is 20.7. The molecule has 1 aliphatic carbocycles. The molecule has 3 aromatic carbocycles. The molecular formula is C26H29N2O2+. The minimum atomic E-state index is 0.300. The first-order valence-electron chi connectivity index (χ1n) is 10.9. The number of nitrogens with zero attached hydrogens (tertiary/aromatic N) is 2. The van der Waals surface area contributed by atoms with Gasteiger partial charge in [-0.2, -0.15) is 0 Å². The van der Waals surface area contributed by atoms with E-state index in [-0.39, 0.29) is 0 Å². The molecule has 3 aromatic rings. The molecule has 0 bridgehead atoms. The number of ether oxygens (including phenoxy) is 1. The van der Waals surface area contributed by atoms with Crippen molar-refractivity contribution < 1.29 is 14.0 Å². The lowest BCUT2D eigenvalue weighted by atomic mass is 10.0. The Balaban J connectivity index is 1.46. The third-order valence-corrected chi connectivity index (χ3v) is 7.27. The Kier molecular flexibility index (Phi) is 4.75. The normalized spacial score (nSPS) is 20.2. The van der Waals surface area contributed by atoms with Crippen LogP contribution in [0.15, 0.2) is 60.7 Å². The largest absolute Gasteiger partial charge is 0.497 e. The highest BCUT2D eigenvalue weighted by Crippen LogP contribution is 2.42.